The summed E-state index contributed by atoms with van der Waals surface area (Å²) in [6.07, 6.45) is 63.8. The molecule has 0 spiro atoms. The van der Waals surface area contributed by atoms with E-state index in [2.05, 4.69) is 27.7 Å². The molecule has 0 N–H and O–H groups in total. The van der Waals surface area contributed by atoms with Crippen molar-refractivity contribution in [3.8, 4) is 0 Å². The molecule has 410 valence electrons. The van der Waals surface area contributed by atoms with E-state index in [1.165, 1.54) is 257 Å². The Morgan fingerprint density at radius 2 is 0.507 bits per heavy atom. The molecule has 0 fully saturated rings. The highest BCUT2D eigenvalue weighted by atomic mass is 16.6. The molecule has 0 aliphatic rings. The molecule has 69 heavy (non-hydrogen) atoms. The third-order valence-electron chi connectivity index (χ3n) is 14.9. The number of ether oxygens (including phenoxy) is 3. The molecule has 6 heteroatoms. The molecule has 0 aromatic heterocycles. The van der Waals surface area contributed by atoms with Gasteiger partial charge in [0.05, 0.1) is 0 Å². The molecule has 0 aliphatic carbocycles. The molecule has 1 unspecified atom stereocenters. The largest absolute Gasteiger partial charge is 0.462 e. The zero-order valence-corrected chi connectivity index (χ0v) is 47.3. The molecule has 0 aromatic carbocycles. The summed E-state index contributed by atoms with van der Waals surface area (Å²) in [7, 11) is 0. The lowest BCUT2D eigenvalue weighted by Gasteiger charge is -2.18. The van der Waals surface area contributed by atoms with E-state index in [0.29, 0.717) is 19.3 Å². The fourth-order valence-electron chi connectivity index (χ4n) is 9.78. The fraction of sp³-hybridized carbons (Fsp3) is 0.952. The minimum Gasteiger partial charge on any atom is -0.462 e. The summed E-state index contributed by atoms with van der Waals surface area (Å²) < 4.78 is 16.9. The molecule has 0 rings (SSSR count). The summed E-state index contributed by atoms with van der Waals surface area (Å²) in [6, 6.07) is 0. The molecule has 0 heterocycles. The van der Waals surface area contributed by atoms with Gasteiger partial charge in [-0.25, -0.2) is 0 Å². The molecule has 6 nitrogen and oxygen atoms in total. The van der Waals surface area contributed by atoms with Gasteiger partial charge < -0.3 is 14.2 Å². The first kappa shape index (κ1) is 67.4. The number of carbonyl (C=O) groups excluding carboxylic acids is 3. The second kappa shape index (κ2) is 57.3. The van der Waals surface area contributed by atoms with Crippen LogP contribution in [-0.2, 0) is 28.6 Å². The van der Waals surface area contributed by atoms with Gasteiger partial charge in [0, 0.05) is 19.3 Å². The summed E-state index contributed by atoms with van der Waals surface area (Å²) in [6.45, 7) is 9.12. The first-order valence-corrected chi connectivity index (χ1v) is 31.4. The summed E-state index contributed by atoms with van der Waals surface area (Å²) in [5, 5.41) is 0. The fourth-order valence-corrected chi connectivity index (χ4v) is 9.78. The molecule has 0 amide bonds. The highest BCUT2D eigenvalue weighted by Crippen LogP contribution is 2.19. The second-order valence-electron chi connectivity index (χ2n) is 21.9. The van der Waals surface area contributed by atoms with Crippen LogP contribution in [0.5, 0.6) is 0 Å². The Balaban J connectivity index is 4.25. The third-order valence-corrected chi connectivity index (χ3v) is 14.9. The van der Waals surface area contributed by atoms with E-state index < -0.39 is 6.10 Å². The Bertz CT molecular complexity index is 1040. The van der Waals surface area contributed by atoms with Crippen LogP contribution in [0.1, 0.15) is 362 Å². The van der Waals surface area contributed by atoms with Gasteiger partial charge in [0.1, 0.15) is 13.2 Å². The van der Waals surface area contributed by atoms with Crippen LogP contribution in [0.3, 0.4) is 0 Å². The minimum atomic E-state index is -0.762. The molecular weight excluding hydrogens is 853 g/mol. The summed E-state index contributed by atoms with van der Waals surface area (Å²) in [4.78, 5) is 38.2. The molecular formula is C63H122O6. The number of rotatable bonds is 58. The van der Waals surface area contributed by atoms with Gasteiger partial charge in [0.25, 0.3) is 0 Å². The van der Waals surface area contributed by atoms with Crippen LogP contribution in [0.15, 0.2) is 0 Å². The lowest BCUT2D eigenvalue weighted by molar-refractivity contribution is -0.167. The van der Waals surface area contributed by atoms with E-state index in [1.54, 1.807) is 0 Å². The van der Waals surface area contributed by atoms with Gasteiger partial charge in [-0.15, -0.1) is 0 Å². The van der Waals surface area contributed by atoms with Gasteiger partial charge >= 0.3 is 17.9 Å². The van der Waals surface area contributed by atoms with E-state index in [4.69, 9.17) is 14.2 Å². The monoisotopic (exact) mass is 975 g/mol. The molecule has 0 saturated heterocycles. The van der Waals surface area contributed by atoms with E-state index in [9.17, 15) is 14.4 Å². The quantitative estimate of drug-likeness (QED) is 0.0343. The van der Waals surface area contributed by atoms with Crippen molar-refractivity contribution >= 4 is 17.9 Å². The Hall–Kier alpha value is -1.59. The Kier molecular flexibility index (Phi) is 56.0. The Morgan fingerprint density at radius 3 is 0.754 bits per heavy atom. The maximum atomic E-state index is 12.9. The predicted octanol–water partition coefficient (Wildman–Crippen LogP) is 21.0. The third kappa shape index (κ3) is 55.6. The topological polar surface area (TPSA) is 78.9 Å². The number of carbonyl (C=O) groups is 3. The average Bonchev–Trinajstić information content (AvgIpc) is 3.35. The first-order valence-electron chi connectivity index (χ1n) is 31.4. The van der Waals surface area contributed by atoms with Crippen molar-refractivity contribution in [2.75, 3.05) is 13.2 Å². The highest BCUT2D eigenvalue weighted by Gasteiger charge is 2.19. The van der Waals surface area contributed by atoms with Crippen LogP contribution in [0.25, 0.3) is 0 Å². The predicted molar refractivity (Wildman–Crippen MR) is 298 cm³/mol. The summed E-state index contributed by atoms with van der Waals surface area (Å²) in [5.41, 5.74) is 0. The van der Waals surface area contributed by atoms with E-state index >= 15 is 0 Å². The normalized spacial score (nSPS) is 12.3. The van der Waals surface area contributed by atoms with Crippen molar-refractivity contribution in [3.63, 3.8) is 0 Å². The van der Waals surface area contributed by atoms with Crippen molar-refractivity contribution in [3.05, 3.63) is 0 Å². The molecule has 0 bridgehead atoms. The van der Waals surface area contributed by atoms with E-state index in [1.807, 2.05) is 0 Å². The van der Waals surface area contributed by atoms with Crippen molar-refractivity contribution < 1.29 is 28.6 Å². The first-order chi connectivity index (χ1) is 33.9. The van der Waals surface area contributed by atoms with Gasteiger partial charge in [0.15, 0.2) is 6.10 Å². The van der Waals surface area contributed by atoms with Crippen LogP contribution in [0, 0.1) is 5.92 Å². The van der Waals surface area contributed by atoms with E-state index in [-0.39, 0.29) is 31.1 Å². The van der Waals surface area contributed by atoms with Crippen LogP contribution in [0.2, 0.25) is 0 Å². The van der Waals surface area contributed by atoms with Crippen molar-refractivity contribution in [2.45, 2.75) is 368 Å². The minimum absolute atomic E-state index is 0.0612. The van der Waals surface area contributed by atoms with Gasteiger partial charge in [-0.3, -0.25) is 14.4 Å². The second-order valence-corrected chi connectivity index (χ2v) is 21.9. The molecule has 0 aliphatic heterocycles. The van der Waals surface area contributed by atoms with Gasteiger partial charge in [-0.05, 0) is 25.2 Å². The Labute approximate surface area is 431 Å². The van der Waals surface area contributed by atoms with Crippen molar-refractivity contribution in [1.82, 2.24) is 0 Å². The van der Waals surface area contributed by atoms with Crippen LogP contribution in [-0.4, -0.2) is 37.2 Å². The lowest BCUT2D eigenvalue weighted by Crippen LogP contribution is -2.30. The van der Waals surface area contributed by atoms with Gasteiger partial charge in [-0.1, -0.05) is 323 Å². The highest BCUT2D eigenvalue weighted by molar-refractivity contribution is 5.71. The average molecular weight is 976 g/mol. The van der Waals surface area contributed by atoms with Crippen molar-refractivity contribution in [2.24, 2.45) is 5.92 Å². The smallest absolute Gasteiger partial charge is 0.306 e. The van der Waals surface area contributed by atoms with Gasteiger partial charge in [0.2, 0.25) is 0 Å². The molecule has 2 atom stereocenters. The van der Waals surface area contributed by atoms with E-state index in [0.717, 1.165) is 63.7 Å². The summed E-state index contributed by atoms with van der Waals surface area (Å²) >= 11 is 0. The van der Waals surface area contributed by atoms with Crippen LogP contribution in [0.4, 0.5) is 0 Å². The molecule has 0 saturated carbocycles. The summed E-state index contributed by atoms with van der Waals surface area (Å²) in [5.74, 6) is 0.0801. The number of hydrogen-bond acceptors (Lipinski definition) is 6. The zero-order valence-electron chi connectivity index (χ0n) is 47.3. The maximum absolute atomic E-state index is 12.9. The number of unbranched alkanes of at least 4 members (excludes halogenated alkanes) is 44. The SMILES string of the molecule is CCCCCCCCCCCCCCCCCCC(=O)OC[C@@H](COC(=O)CCCCCCCCCCCCCCC)OC(=O)CCCCCCCCCCCCCCCCCCCCC(C)CC. The number of hydrogen-bond donors (Lipinski definition) is 0. The lowest BCUT2D eigenvalue weighted by atomic mass is 9.99. The van der Waals surface area contributed by atoms with Crippen LogP contribution < -0.4 is 0 Å². The molecule has 0 aromatic rings. The standard InChI is InChI=1S/C63H122O6/c1-5-8-10-12-14-16-18-20-21-27-31-35-39-43-47-51-55-62(65)68-58-60(57-67-61(64)54-50-46-42-38-34-29-19-17-15-13-11-9-6-2)69-63(66)56-52-48-44-40-36-32-28-25-23-22-24-26-30-33-37-41-45-49-53-59(4)7-3/h59-60H,5-58H2,1-4H3/t59?,60-/m1/s1. The maximum Gasteiger partial charge on any atom is 0.306 e. The number of esters is 3. The van der Waals surface area contributed by atoms with Crippen molar-refractivity contribution in [1.29, 1.82) is 0 Å². The Morgan fingerprint density at radius 1 is 0.290 bits per heavy atom. The molecule has 0 radical (unpaired) electrons. The van der Waals surface area contributed by atoms with Crippen LogP contribution >= 0.6 is 0 Å². The zero-order chi connectivity index (χ0) is 50.2. The van der Waals surface area contributed by atoms with Gasteiger partial charge in [-0.2, -0.15) is 0 Å².